The van der Waals surface area contributed by atoms with Crippen molar-refractivity contribution in [3.63, 3.8) is 0 Å². The first kappa shape index (κ1) is 10.6. The van der Waals surface area contributed by atoms with E-state index < -0.39 is 0 Å². The lowest BCUT2D eigenvalue weighted by molar-refractivity contribution is 0.0594. The molecule has 1 aliphatic carbocycles. The summed E-state index contributed by atoms with van der Waals surface area (Å²) in [6.45, 7) is 6.38. The van der Waals surface area contributed by atoms with Gasteiger partial charge in [-0.2, -0.15) is 0 Å². The van der Waals surface area contributed by atoms with E-state index in [0.717, 1.165) is 9.88 Å². The molecule has 2 rings (SSSR count). The van der Waals surface area contributed by atoms with Crippen molar-refractivity contribution in [1.82, 2.24) is 4.98 Å². The van der Waals surface area contributed by atoms with Crippen molar-refractivity contribution in [2.24, 2.45) is 5.41 Å². The third kappa shape index (κ3) is 1.78. The Kier molecular flexibility index (Phi) is 2.34. The average Bonchev–Trinajstić information content (AvgIpc) is 2.64. The highest BCUT2D eigenvalue weighted by Crippen LogP contribution is 2.59. The molecular formula is C11H15NO2S. The number of nitrogens with zero attached hydrogens (tertiary/aromatic N) is 1. The molecular weight excluding hydrogens is 210 g/mol. The number of hydrogen-bond acceptors (Lipinski definition) is 4. The summed E-state index contributed by atoms with van der Waals surface area (Å²) >= 11 is 1.62. The minimum atomic E-state index is -0.326. The molecule has 0 bridgehead atoms. The molecule has 0 saturated heterocycles. The van der Waals surface area contributed by atoms with Crippen molar-refractivity contribution in [2.45, 2.75) is 33.1 Å². The molecule has 0 N–H and O–H groups in total. The highest BCUT2D eigenvalue weighted by atomic mass is 32.1. The Morgan fingerprint density at radius 2 is 2.20 bits per heavy atom. The van der Waals surface area contributed by atoms with E-state index in [0.29, 0.717) is 17.0 Å². The van der Waals surface area contributed by atoms with Gasteiger partial charge in [0.2, 0.25) is 0 Å². The standard InChI is InChI=1S/C11H15NO2S/c1-6-8(10(13)14-4)12-9(15-6)7-5-11(7,2)3/h7H,5H2,1-4H3. The van der Waals surface area contributed by atoms with E-state index in [-0.39, 0.29) is 5.97 Å². The first-order chi connectivity index (χ1) is 6.95. The molecule has 0 aliphatic heterocycles. The molecule has 3 nitrogen and oxygen atoms in total. The lowest BCUT2D eigenvalue weighted by atomic mass is 10.1. The van der Waals surface area contributed by atoms with Crippen LogP contribution in [0.5, 0.6) is 0 Å². The van der Waals surface area contributed by atoms with Crippen LogP contribution in [0.25, 0.3) is 0 Å². The third-order valence-corrected chi connectivity index (χ3v) is 4.09. The Balaban J connectivity index is 2.26. The maximum Gasteiger partial charge on any atom is 0.357 e. The van der Waals surface area contributed by atoms with Crippen molar-refractivity contribution in [2.75, 3.05) is 7.11 Å². The van der Waals surface area contributed by atoms with Gasteiger partial charge in [0.1, 0.15) is 0 Å². The fourth-order valence-corrected chi connectivity index (χ4v) is 2.96. The molecule has 82 valence electrons. The van der Waals surface area contributed by atoms with E-state index >= 15 is 0 Å². The number of rotatable bonds is 2. The third-order valence-electron chi connectivity index (χ3n) is 3.00. The van der Waals surface area contributed by atoms with E-state index in [1.54, 1.807) is 11.3 Å². The van der Waals surface area contributed by atoms with Crippen LogP contribution in [0.15, 0.2) is 0 Å². The van der Waals surface area contributed by atoms with Gasteiger partial charge in [-0.3, -0.25) is 0 Å². The van der Waals surface area contributed by atoms with E-state index in [1.165, 1.54) is 13.5 Å². The molecule has 1 fully saturated rings. The van der Waals surface area contributed by atoms with Gasteiger partial charge in [-0.05, 0) is 18.8 Å². The minimum Gasteiger partial charge on any atom is -0.464 e. The number of ether oxygens (including phenoxy) is 1. The molecule has 1 aliphatic rings. The first-order valence-electron chi connectivity index (χ1n) is 5.01. The van der Waals surface area contributed by atoms with Crippen LogP contribution in [-0.2, 0) is 4.74 Å². The van der Waals surface area contributed by atoms with Gasteiger partial charge in [0.15, 0.2) is 5.69 Å². The summed E-state index contributed by atoms with van der Waals surface area (Å²) in [5.41, 5.74) is 0.845. The summed E-state index contributed by atoms with van der Waals surface area (Å²) in [7, 11) is 1.39. The largest absolute Gasteiger partial charge is 0.464 e. The van der Waals surface area contributed by atoms with E-state index in [2.05, 4.69) is 23.6 Å². The van der Waals surface area contributed by atoms with Crippen LogP contribution < -0.4 is 0 Å². The van der Waals surface area contributed by atoms with Crippen LogP contribution in [-0.4, -0.2) is 18.1 Å². The molecule has 1 aromatic rings. The predicted octanol–water partition coefficient (Wildman–Crippen LogP) is 2.75. The number of thiazole rings is 1. The molecule has 1 saturated carbocycles. The van der Waals surface area contributed by atoms with Crippen molar-refractivity contribution < 1.29 is 9.53 Å². The maximum absolute atomic E-state index is 11.4. The normalized spacial score (nSPS) is 22.5. The fraction of sp³-hybridized carbons (Fsp3) is 0.636. The van der Waals surface area contributed by atoms with Gasteiger partial charge in [-0.1, -0.05) is 13.8 Å². The summed E-state index contributed by atoms with van der Waals surface area (Å²) in [5.74, 6) is 0.202. The molecule has 15 heavy (non-hydrogen) atoms. The van der Waals surface area contributed by atoms with Crippen molar-refractivity contribution in [3.05, 3.63) is 15.6 Å². The summed E-state index contributed by atoms with van der Waals surface area (Å²) in [4.78, 5) is 16.7. The number of carbonyl (C=O) groups excluding carboxylic acids is 1. The first-order valence-corrected chi connectivity index (χ1v) is 5.83. The second-order valence-electron chi connectivity index (χ2n) is 4.69. The number of aromatic nitrogens is 1. The number of carbonyl (C=O) groups is 1. The molecule has 0 spiro atoms. The molecule has 0 amide bonds. The summed E-state index contributed by atoms with van der Waals surface area (Å²) in [6.07, 6.45) is 1.17. The minimum absolute atomic E-state index is 0.326. The molecule has 0 radical (unpaired) electrons. The predicted molar refractivity (Wildman–Crippen MR) is 59.3 cm³/mol. The van der Waals surface area contributed by atoms with Crippen LogP contribution in [0.2, 0.25) is 0 Å². The number of hydrogen-bond donors (Lipinski definition) is 0. The van der Waals surface area contributed by atoms with E-state index in [9.17, 15) is 4.79 Å². The maximum atomic E-state index is 11.4. The number of esters is 1. The molecule has 1 heterocycles. The zero-order valence-corrected chi connectivity index (χ0v) is 10.3. The summed E-state index contributed by atoms with van der Waals surface area (Å²) < 4.78 is 4.69. The van der Waals surface area contributed by atoms with Gasteiger partial charge in [-0.15, -0.1) is 11.3 Å². The van der Waals surface area contributed by atoms with Crippen LogP contribution in [0.1, 0.15) is 46.6 Å². The molecule has 0 aromatic carbocycles. The second kappa shape index (κ2) is 3.30. The van der Waals surface area contributed by atoms with Crippen molar-refractivity contribution in [1.29, 1.82) is 0 Å². The summed E-state index contributed by atoms with van der Waals surface area (Å²) in [6, 6.07) is 0. The highest BCUT2D eigenvalue weighted by Gasteiger charge is 2.48. The van der Waals surface area contributed by atoms with Crippen molar-refractivity contribution in [3.8, 4) is 0 Å². The zero-order valence-electron chi connectivity index (χ0n) is 9.46. The van der Waals surface area contributed by atoms with Gasteiger partial charge < -0.3 is 4.74 Å². The molecule has 1 atom stereocenters. The topological polar surface area (TPSA) is 39.2 Å². The van der Waals surface area contributed by atoms with E-state index in [4.69, 9.17) is 0 Å². The number of methoxy groups -OCH3 is 1. The van der Waals surface area contributed by atoms with Crippen LogP contribution in [0.3, 0.4) is 0 Å². The quantitative estimate of drug-likeness (QED) is 0.726. The Morgan fingerprint density at radius 1 is 1.60 bits per heavy atom. The second-order valence-corrected chi connectivity index (χ2v) is 5.93. The van der Waals surface area contributed by atoms with Crippen LogP contribution >= 0.6 is 11.3 Å². The van der Waals surface area contributed by atoms with Gasteiger partial charge in [0.05, 0.1) is 12.1 Å². The Bertz CT molecular complexity index is 409. The number of aryl methyl sites for hydroxylation is 1. The molecule has 1 unspecified atom stereocenters. The van der Waals surface area contributed by atoms with Gasteiger partial charge in [0, 0.05) is 10.8 Å². The van der Waals surface area contributed by atoms with Gasteiger partial charge >= 0.3 is 5.97 Å². The Morgan fingerprint density at radius 3 is 2.67 bits per heavy atom. The molecule has 1 aromatic heterocycles. The lowest BCUT2D eigenvalue weighted by Crippen LogP contribution is -2.03. The lowest BCUT2D eigenvalue weighted by Gasteiger charge is -1.97. The SMILES string of the molecule is COC(=O)c1nc(C2CC2(C)C)sc1C. The monoisotopic (exact) mass is 225 g/mol. The van der Waals surface area contributed by atoms with Gasteiger partial charge in [0.25, 0.3) is 0 Å². The van der Waals surface area contributed by atoms with Crippen molar-refractivity contribution >= 4 is 17.3 Å². The van der Waals surface area contributed by atoms with Crippen LogP contribution in [0.4, 0.5) is 0 Å². The fourth-order valence-electron chi connectivity index (χ4n) is 1.74. The summed E-state index contributed by atoms with van der Waals surface area (Å²) in [5, 5.41) is 1.08. The van der Waals surface area contributed by atoms with Gasteiger partial charge in [-0.25, -0.2) is 9.78 Å². The smallest absolute Gasteiger partial charge is 0.357 e. The zero-order chi connectivity index (χ0) is 11.2. The van der Waals surface area contributed by atoms with Crippen LogP contribution in [0, 0.1) is 12.3 Å². The molecule has 4 heteroatoms. The average molecular weight is 225 g/mol. The highest BCUT2D eigenvalue weighted by molar-refractivity contribution is 7.12. The van der Waals surface area contributed by atoms with E-state index in [1.807, 2.05) is 6.92 Å². The Labute approximate surface area is 93.5 Å². The Hall–Kier alpha value is -0.900.